The van der Waals surface area contributed by atoms with Crippen molar-refractivity contribution in [3.63, 3.8) is 0 Å². The van der Waals surface area contributed by atoms with Crippen LogP contribution in [0, 0.1) is 11.6 Å². The predicted octanol–water partition coefficient (Wildman–Crippen LogP) is 4.69. The predicted molar refractivity (Wildman–Crippen MR) is 75.4 cm³/mol. The van der Waals surface area contributed by atoms with Crippen LogP contribution in [0.15, 0.2) is 36.4 Å². The highest BCUT2D eigenvalue weighted by molar-refractivity contribution is 6.32. The highest BCUT2D eigenvalue weighted by Crippen LogP contribution is 2.32. The van der Waals surface area contributed by atoms with Gasteiger partial charge in [-0.3, -0.25) is 0 Å². The minimum atomic E-state index is -0.770. The molecule has 0 amide bonds. The number of halogens is 3. The third kappa shape index (κ3) is 3.26. The molecule has 0 radical (unpaired) electrons. The van der Waals surface area contributed by atoms with Crippen LogP contribution in [-0.2, 0) is 0 Å². The molecule has 0 aliphatic heterocycles. The molecule has 0 bridgehead atoms. The third-order valence-electron chi connectivity index (χ3n) is 3.00. The monoisotopic (exact) mass is 297 g/mol. The second-order valence-electron chi connectivity index (χ2n) is 4.38. The Bertz CT molecular complexity index is 619. The fourth-order valence-corrected chi connectivity index (χ4v) is 1.94. The zero-order valence-corrected chi connectivity index (χ0v) is 11.8. The van der Waals surface area contributed by atoms with Gasteiger partial charge in [-0.15, -0.1) is 0 Å². The van der Waals surface area contributed by atoms with Crippen LogP contribution in [0.2, 0.25) is 5.02 Å². The van der Waals surface area contributed by atoms with Crippen LogP contribution in [0.4, 0.5) is 8.78 Å². The number of benzene rings is 2. The highest BCUT2D eigenvalue weighted by atomic mass is 35.5. The quantitative estimate of drug-likeness (QED) is 0.884. The van der Waals surface area contributed by atoms with Gasteiger partial charge in [0.1, 0.15) is 11.6 Å². The van der Waals surface area contributed by atoms with Crippen LogP contribution in [0.3, 0.4) is 0 Å². The molecule has 2 nitrogen and oxygen atoms in total. The molecule has 2 aromatic carbocycles. The topological polar surface area (TPSA) is 21.3 Å². The van der Waals surface area contributed by atoms with Gasteiger partial charge in [0.05, 0.1) is 5.02 Å². The van der Waals surface area contributed by atoms with Gasteiger partial charge in [-0.2, -0.15) is 0 Å². The lowest BCUT2D eigenvalue weighted by molar-refractivity contribution is 0.437. The average molecular weight is 298 g/mol. The molecule has 2 rings (SSSR count). The maximum atomic E-state index is 13.5. The van der Waals surface area contributed by atoms with Gasteiger partial charge in [-0.25, -0.2) is 8.78 Å². The second-order valence-corrected chi connectivity index (χ2v) is 4.78. The Morgan fingerprint density at radius 3 is 2.40 bits per heavy atom. The van der Waals surface area contributed by atoms with Gasteiger partial charge >= 0.3 is 0 Å². The Balaban J connectivity index is 2.25. The number of ether oxygens (including phenoxy) is 1. The molecule has 1 unspecified atom stereocenters. The number of rotatable bonds is 4. The fourth-order valence-electron chi connectivity index (χ4n) is 1.71. The van der Waals surface area contributed by atoms with Gasteiger partial charge < -0.3 is 10.1 Å². The Kier molecular flexibility index (Phi) is 4.57. The summed E-state index contributed by atoms with van der Waals surface area (Å²) in [6.07, 6.45) is 0. The van der Waals surface area contributed by atoms with Crippen LogP contribution in [-0.4, -0.2) is 7.05 Å². The molecular weight excluding hydrogens is 284 g/mol. The lowest BCUT2D eigenvalue weighted by atomic mass is 10.1. The Morgan fingerprint density at radius 1 is 1.10 bits per heavy atom. The van der Waals surface area contributed by atoms with Gasteiger partial charge in [0, 0.05) is 12.1 Å². The Hall–Kier alpha value is -1.65. The number of hydrogen-bond donors (Lipinski definition) is 1. The molecule has 1 N–H and O–H groups in total. The summed E-state index contributed by atoms with van der Waals surface area (Å²) in [4.78, 5) is 0. The summed E-state index contributed by atoms with van der Waals surface area (Å²) in [5.74, 6) is -1.17. The normalized spacial score (nSPS) is 12.2. The van der Waals surface area contributed by atoms with Crippen molar-refractivity contribution in [3.8, 4) is 11.5 Å². The molecule has 0 aliphatic rings. The van der Waals surface area contributed by atoms with Crippen molar-refractivity contribution >= 4 is 11.6 Å². The molecule has 0 saturated heterocycles. The van der Waals surface area contributed by atoms with E-state index in [1.54, 1.807) is 12.1 Å². The zero-order chi connectivity index (χ0) is 14.7. The van der Waals surface area contributed by atoms with E-state index in [-0.39, 0.29) is 11.8 Å². The molecule has 20 heavy (non-hydrogen) atoms. The van der Waals surface area contributed by atoms with Crippen LogP contribution in [0.25, 0.3) is 0 Å². The largest absolute Gasteiger partial charge is 0.453 e. The van der Waals surface area contributed by atoms with Crippen molar-refractivity contribution in [2.45, 2.75) is 13.0 Å². The van der Waals surface area contributed by atoms with E-state index in [4.69, 9.17) is 16.3 Å². The first kappa shape index (κ1) is 14.8. The van der Waals surface area contributed by atoms with Crippen molar-refractivity contribution in [2.24, 2.45) is 0 Å². The van der Waals surface area contributed by atoms with E-state index in [0.29, 0.717) is 10.8 Å². The Labute approximate surface area is 121 Å². The first-order valence-electron chi connectivity index (χ1n) is 6.11. The molecule has 1 atom stereocenters. The van der Waals surface area contributed by atoms with Gasteiger partial charge in [0.2, 0.25) is 0 Å². The average Bonchev–Trinajstić information content (AvgIpc) is 2.42. The lowest BCUT2D eigenvalue weighted by Gasteiger charge is -2.13. The molecule has 0 fully saturated rings. The molecule has 2 aromatic rings. The molecule has 5 heteroatoms. The van der Waals surface area contributed by atoms with Crippen molar-refractivity contribution in [1.82, 2.24) is 5.32 Å². The van der Waals surface area contributed by atoms with E-state index in [2.05, 4.69) is 5.32 Å². The fraction of sp³-hybridized carbons (Fsp3) is 0.200. The van der Waals surface area contributed by atoms with Crippen molar-refractivity contribution in [3.05, 3.63) is 58.6 Å². The first-order valence-corrected chi connectivity index (χ1v) is 6.48. The summed E-state index contributed by atoms with van der Waals surface area (Å²) in [7, 11) is 1.84. The maximum absolute atomic E-state index is 13.5. The highest BCUT2D eigenvalue weighted by Gasteiger charge is 2.11. The van der Waals surface area contributed by atoms with E-state index in [0.717, 1.165) is 17.7 Å². The summed E-state index contributed by atoms with van der Waals surface area (Å²) >= 11 is 6.11. The van der Waals surface area contributed by atoms with Gasteiger partial charge in [-0.1, -0.05) is 17.7 Å². The summed E-state index contributed by atoms with van der Waals surface area (Å²) in [5.41, 5.74) is 0.990. The first-order chi connectivity index (χ1) is 9.51. The molecule has 0 saturated carbocycles. The smallest absolute Gasteiger partial charge is 0.168 e. The van der Waals surface area contributed by atoms with Crippen molar-refractivity contribution in [2.75, 3.05) is 7.05 Å². The van der Waals surface area contributed by atoms with Crippen LogP contribution in [0.5, 0.6) is 11.5 Å². The van der Waals surface area contributed by atoms with E-state index >= 15 is 0 Å². The SMILES string of the molecule is CNC(C)c1ccc(Oc2ccc(F)cc2F)c(Cl)c1. The lowest BCUT2D eigenvalue weighted by Crippen LogP contribution is -2.12. The zero-order valence-electron chi connectivity index (χ0n) is 11.1. The van der Waals surface area contributed by atoms with E-state index in [1.807, 2.05) is 20.0 Å². The molecule has 0 spiro atoms. The third-order valence-corrected chi connectivity index (χ3v) is 3.30. The standard InChI is InChI=1S/C15H14ClF2NO/c1-9(19-2)10-3-5-14(12(16)7-10)20-15-6-4-11(17)8-13(15)18/h3-9,19H,1-2H3. The van der Waals surface area contributed by atoms with E-state index in [1.165, 1.54) is 6.07 Å². The van der Waals surface area contributed by atoms with E-state index in [9.17, 15) is 8.78 Å². The molecule has 0 aromatic heterocycles. The van der Waals surface area contributed by atoms with Crippen LogP contribution >= 0.6 is 11.6 Å². The summed E-state index contributed by atoms with van der Waals surface area (Å²) in [6, 6.07) is 8.51. The Morgan fingerprint density at radius 2 is 1.80 bits per heavy atom. The van der Waals surface area contributed by atoms with Crippen molar-refractivity contribution < 1.29 is 13.5 Å². The number of nitrogens with one attached hydrogen (secondary N) is 1. The van der Waals surface area contributed by atoms with Crippen molar-refractivity contribution in [1.29, 1.82) is 0 Å². The molecule has 0 aliphatic carbocycles. The minimum Gasteiger partial charge on any atom is -0.453 e. The summed E-state index contributed by atoms with van der Waals surface area (Å²) < 4.78 is 31.7. The molecule has 0 heterocycles. The second kappa shape index (κ2) is 6.20. The summed E-state index contributed by atoms with van der Waals surface area (Å²) in [6.45, 7) is 1.99. The minimum absolute atomic E-state index is 0.0669. The number of hydrogen-bond acceptors (Lipinski definition) is 2. The molecule has 106 valence electrons. The van der Waals surface area contributed by atoms with Crippen LogP contribution < -0.4 is 10.1 Å². The van der Waals surface area contributed by atoms with Gasteiger partial charge in [0.15, 0.2) is 11.6 Å². The van der Waals surface area contributed by atoms with E-state index < -0.39 is 11.6 Å². The van der Waals surface area contributed by atoms with Crippen LogP contribution in [0.1, 0.15) is 18.5 Å². The van der Waals surface area contributed by atoms with Gasteiger partial charge in [-0.05, 0) is 43.8 Å². The van der Waals surface area contributed by atoms with Gasteiger partial charge in [0.25, 0.3) is 0 Å². The maximum Gasteiger partial charge on any atom is 0.168 e. The summed E-state index contributed by atoms with van der Waals surface area (Å²) in [5, 5.41) is 3.46. The molecular formula is C15H14ClF2NO.